The van der Waals surface area contributed by atoms with E-state index < -0.39 is 5.60 Å². The molecule has 1 aliphatic heterocycles. The van der Waals surface area contributed by atoms with E-state index in [9.17, 15) is 5.11 Å². The minimum Gasteiger partial charge on any atom is -0.373 e. The Balaban J connectivity index is 1.69. The van der Waals surface area contributed by atoms with Crippen molar-refractivity contribution < 1.29 is 5.11 Å². The first-order valence-corrected chi connectivity index (χ1v) is 11.2. The number of allylic oxidation sites excluding steroid dienone is 6. The van der Waals surface area contributed by atoms with Crippen molar-refractivity contribution in [1.82, 2.24) is 9.55 Å². The lowest BCUT2D eigenvalue weighted by molar-refractivity contribution is 0.120. The first-order chi connectivity index (χ1) is 14.7. The normalized spacial score (nSPS) is 22.7. The van der Waals surface area contributed by atoms with Gasteiger partial charge in [0.15, 0.2) is 11.4 Å². The van der Waals surface area contributed by atoms with Gasteiger partial charge in [-0.2, -0.15) is 0 Å². The number of aromatic nitrogens is 2. The first-order valence-electron chi connectivity index (χ1n) is 10.5. The quantitative estimate of drug-likeness (QED) is 0.490. The maximum absolute atomic E-state index is 12.5. The van der Waals surface area contributed by atoms with Gasteiger partial charge in [-0.3, -0.25) is 4.57 Å². The largest absolute Gasteiger partial charge is 0.373 e. The molecule has 2 heterocycles. The molecule has 3 nitrogen and oxygen atoms in total. The highest BCUT2D eigenvalue weighted by molar-refractivity contribution is 9.12. The number of para-hydroxylation sites is 2. The van der Waals surface area contributed by atoms with Crippen LogP contribution in [0.1, 0.15) is 42.6 Å². The van der Waals surface area contributed by atoms with Crippen LogP contribution in [-0.2, 0) is 5.60 Å². The van der Waals surface area contributed by atoms with E-state index in [2.05, 4.69) is 69.1 Å². The summed E-state index contributed by atoms with van der Waals surface area (Å²) in [5, 5.41) is 12.5. The molecule has 0 spiro atoms. The van der Waals surface area contributed by atoms with Crippen LogP contribution in [0.15, 0.2) is 82.9 Å². The Hall–Kier alpha value is -2.69. The van der Waals surface area contributed by atoms with Crippen LogP contribution in [0.2, 0.25) is 0 Å². The second kappa shape index (κ2) is 6.66. The molecule has 2 aliphatic carbocycles. The highest BCUT2D eigenvalue weighted by atomic mass is 79.9. The summed E-state index contributed by atoms with van der Waals surface area (Å²) < 4.78 is 3.15. The van der Waals surface area contributed by atoms with Gasteiger partial charge in [0.05, 0.1) is 11.0 Å². The summed E-state index contributed by atoms with van der Waals surface area (Å²) in [6, 6.07) is 16.4. The Bertz CT molecular complexity index is 1320. The molecular formula is C26H21BrN2O. The predicted octanol–water partition coefficient (Wildman–Crippen LogP) is 6.30. The Morgan fingerprint density at radius 2 is 1.83 bits per heavy atom. The fraction of sp³-hybridized carbons (Fsp3) is 0.192. The van der Waals surface area contributed by atoms with E-state index in [1.807, 2.05) is 24.3 Å². The number of fused-ring (bicyclic) bond motifs is 4. The summed E-state index contributed by atoms with van der Waals surface area (Å²) in [4.78, 5) is 4.96. The Kier molecular flexibility index (Phi) is 4.02. The van der Waals surface area contributed by atoms with Crippen LogP contribution in [0.4, 0.5) is 0 Å². The number of hydrogen-bond acceptors (Lipinski definition) is 2. The summed E-state index contributed by atoms with van der Waals surface area (Å²) in [5.74, 6) is 0.695. The molecule has 0 radical (unpaired) electrons. The monoisotopic (exact) mass is 456 g/mol. The molecule has 0 saturated carbocycles. The minimum atomic E-state index is -1.30. The van der Waals surface area contributed by atoms with Crippen molar-refractivity contribution in [2.24, 2.45) is 0 Å². The second-order valence-electron chi connectivity index (χ2n) is 8.09. The molecule has 1 atom stereocenters. The van der Waals surface area contributed by atoms with Crippen LogP contribution in [0.5, 0.6) is 0 Å². The smallest absolute Gasteiger partial charge is 0.176 e. The molecule has 30 heavy (non-hydrogen) atoms. The number of hydrogen-bond donors (Lipinski definition) is 1. The number of halogens is 1. The van der Waals surface area contributed by atoms with E-state index in [1.54, 1.807) is 0 Å². The van der Waals surface area contributed by atoms with E-state index in [0.29, 0.717) is 5.82 Å². The van der Waals surface area contributed by atoms with Crippen LogP contribution in [0.3, 0.4) is 0 Å². The van der Waals surface area contributed by atoms with Gasteiger partial charge < -0.3 is 5.11 Å². The molecule has 2 aromatic carbocycles. The Morgan fingerprint density at radius 1 is 1.00 bits per heavy atom. The van der Waals surface area contributed by atoms with Crippen molar-refractivity contribution in [3.63, 3.8) is 0 Å². The summed E-state index contributed by atoms with van der Waals surface area (Å²) >= 11 is 3.77. The van der Waals surface area contributed by atoms with Crippen LogP contribution >= 0.6 is 15.9 Å². The van der Waals surface area contributed by atoms with Crippen LogP contribution in [-0.4, -0.2) is 14.7 Å². The number of benzene rings is 2. The number of rotatable bonds is 2. The maximum Gasteiger partial charge on any atom is 0.176 e. The zero-order chi connectivity index (χ0) is 20.3. The Labute approximate surface area is 183 Å². The highest BCUT2D eigenvalue weighted by Gasteiger charge is 2.50. The van der Waals surface area contributed by atoms with Crippen molar-refractivity contribution in [2.75, 3.05) is 0 Å². The predicted molar refractivity (Wildman–Crippen MR) is 125 cm³/mol. The topological polar surface area (TPSA) is 38.0 Å². The fourth-order valence-electron chi connectivity index (χ4n) is 5.12. The average molecular weight is 457 g/mol. The summed E-state index contributed by atoms with van der Waals surface area (Å²) in [7, 11) is 0. The number of aliphatic hydroxyl groups is 1. The number of imidazole rings is 1. The van der Waals surface area contributed by atoms with Gasteiger partial charge in [-0.25, -0.2) is 4.98 Å². The van der Waals surface area contributed by atoms with Gasteiger partial charge in [-0.1, -0.05) is 76.6 Å². The molecule has 1 aromatic heterocycles. The van der Waals surface area contributed by atoms with Gasteiger partial charge in [0.25, 0.3) is 0 Å². The molecule has 0 fully saturated rings. The van der Waals surface area contributed by atoms with Gasteiger partial charge >= 0.3 is 0 Å². The molecule has 148 valence electrons. The maximum atomic E-state index is 12.5. The molecule has 0 bridgehead atoms. The molecule has 1 N–H and O–H groups in total. The van der Waals surface area contributed by atoms with Gasteiger partial charge in [0.1, 0.15) is 0 Å². The van der Waals surface area contributed by atoms with Crippen molar-refractivity contribution in [1.29, 1.82) is 0 Å². The van der Waals surface area contributed by atoms with Crippen molar-refractivity contribution in [3.05, 3.63) is 99.8 Å². The SMILES string of the molecule is OC1(c2ccccc2C2=CC=CCC2)C2=C(CCC=C2Br)n2c1nc1ccccc12. The summed E-state index contributed by atoms with van der Waals surface area (Å²) in [6.45, 7) is 0. The number of nitrogens with zero attached hydrogens (tertiary/aromatic N) is 2. The van der Waals surface area contributed by atoms with Gasteiger partial charge in [-0.05, 0) is 49.0 Å². The molecule has 3 aromatic rings. The zero-order valence-corrected chi connectivity index (χ0v) is 18.1. The fourth-order valence-corrected chi connectivity index (χ4v) is 5.86. The van der Waals surface area contributed by atoms with E-state index >= 15 is 0 Å². The van der Waals surface area contributed by atoms with E-state index in [-0.39, 0.29) is 0 Å². The Morgan fingerprint density at radius 3 is 2.70 bits per heavy atom. The zero-order valence-electron chi connectivity index (χ0n) is 16.5. The molecule has 0 saturated heterocycles. The van der Waals surface area contributed by atoms with E-state index in [0.717, 1.165) is 63.6 Å². The minimum absolute atomic E-state index is 0.695. The summed E-state index contributed by atoms with van der Waals surface area (Å²) in [5.41, 5.74) is 6.00. The molecule has 0 amide bonds. The molecule has 4 heteroatoms. The van der Waals surface area contributed by atoms with Gasteiger partial charge in [-0.15, -0.1) is 0 Å². The molecule has 3 aliphatic rings. The summed E-state index contributed by atoms with van der Waals surface area (Å²) in [6.07, 6.45) is 12.5. The van der Waals surface area contributed by atoms with Gasteiger partial charge in [0.2, 0.25) is 0 Å². The highest BCUT2D eigenvalue weighted by Crippen LogP contribution is 2.54. The lowest BCUT2D eigenvalue weighted by Gasteiger charge is -2.30. The van der Waals surface area contributed by atoms with Gasteiger partial charge in [0, 0.05) is 21.3 Å². The molecular weight excluding hydrogens is 436 g/mol. The molecule has 1 unspecified atom stereocenters. The van der Waals surface area contributed by atoms with Crippen molar-refractivity contribution in [2.45, 2.75) is 31.3 Å². The van der Waals surface area contributed by atoms with E-state index in [4.69, 9.17) is 4.98 Å². The van der Waals surface area contributed by atoms with Crippen LogP contribution in [0.25, 0.3) is 22.3 Å². The third-order valence-electron chi connectivity index (χ3n) is 6.42. The van der Waals surface area contributed by atoms with Crippen LogP contribution in [0, 0.1) is 0 Å². The standard InChI is InChI=1S/C26H21BrN2O/c27-20-13-8-16-23-24(20)26(30,25-28-21-14-6-7-15-22(21)29(23)25)19-12-5-4-11-18(19)17-9-2-1-3-10-17/h1-2,4-7,9,11-15,30H,3,8,10,16H2. The van der Waals surface area contributed by atoms with Crippen molar-refractivity contribution in [3.8, 4) is 0 Å². The first kappa shape index (κ1) is 18.1. The lowest BCUT2D eigenvalue weighted by atomic mass is 9.79. The van der Waals surface area contributed by atoms with E-state index in [1.165, 1.54) is 5.57 Å². The molecule has 6 rings (SSSR count). The second-order valence-corrected chi connectivity index (χ2v) is 8.94. The third-order valence-corrected chi connectivity index (χ3v) is 7.15. The van der Waals surface area contributed by atoms with Crippen molar-refractivity contribution >= 4 is 38.2 Å². The lowest BCUT2D eigenvalue weighted by Crippen LogP contribution is -2.30. The average Bonchev–Trinajstić information content (AvgIpc) is 3.30. The van der Waals surface area contributed by atoms with Crippen LogP contribution < -0.4 is 0 Å². The third kappa shape index (κ3) is 2.38.